The number of hydrogen-bond donors (Lipinski definition) is 1. The number of carbonyl (C=O) groups is 1. The summed E-state index contributed by atoms with van der Waals surface area (Å²) in [7, 11) is 0. The Labute approximate surface area is 122 Å². The van der Waals surface area contributed by atoms with Gasteiger partial charge in [-0.1, -0.05) is 29.8 Å². The van der Waals surface area contributed by atoms with Crippen LogP contribution in [0.15, 0.2) is 30.3 Å². The zero-order valence-corrected chi connectivity index (χ0v) is 11.9. The predicted octanol–water partition coefficient (Wildman–Crippen LogP) is 2.80. The number of para-hydroxylation sites is 1. The number of hydrogen-bond acceptors (Lipinski definition) is 3. The standard InChI is InChI=1S/C15H15ClN2O2/c1-9-12(6-7-20-9)18-15(19)11-8-14(16)17-13-5-3-2-4-10(11)13/h2-5,8-9,12H,6-7H2,1H3,(H,18,19). The first kappa shape index (κ1) is 13.3. The molecule has 2 heterocycles. The van der Waals surface area contributed by atoms with E-state index in [1.807, 2.05) is 31.2 Å². The molecule has 1 N–H and O–H groups in total. The van der Waals surface area contributed by atoms with Crippen molar-refractivity contribution < 1.29 is 9.53 Å². The van der Waals surface area contributed by atoms with Gasteiger partial charge in [-0.25, -0.2) is 4.98 Å². The molecule has 1 saturated heterocycles. The number of nitrogens with one attached hydrogen (secondary N) is 1. The number of rotatable bonds is 2. The van der Waals surface area contributed by atoms with Crippen LogP contribution >= 0.6 is 11.6 Å². The summed E-state index contributed by atoms with van der Waals surface area (Å²) < 4.78 is 5.46. The molecular formula is C15H15ClN2O2. The Kier molecular flexibility index (Phi) is 3.59. The monoisotopic (exact) mass is 290 g/mol. The zero-order chi connectivity index (χ0) is 14.1. The minimum absolute atomic E-state index is 0.0440. The van der Waals surface area contributed by atoms with Crippen LogP contribution in [0.1, 0.15) is 23.7 Å². The molecule has 0 bridgehead atoms. The lowest BCUT2D eigenvalue weighted by Crippen LogP contribution is -2.39. The number of halogens is 1. The highest BCUT2D eigenvalue weighted by atomic mass is 35.5. The molecule has 1 aliphatic rings. The normalized spacial score (nSPS) is 22.1. The first-order valence-corrected chi connectivity index (χ1v) is 7.00. The average molecular weight is 291 g/mol. The Hall–Kier alpha value is -1.65. The van der Waals surface area contributed by atoms with E-state index >= 15 is 0 Å². The third-order valence-corrected chi connectivity index (χ3v) is 3.82. The third-order valence-electron chi connectivity index (χ3n) is 3.62. The fourth-order valence-electron chi connectivity index (χ4n) is 2.50. The Morgan fingerprint density at radius 3 is 3.00 bits per heavy atom. The highest BCUT2D eigenvalue weighted by molar-refractivity contribution is 6.30. The van der Waals surface area contributed by atoms with Crippen molar-refractivity contribution in [3.05, 3.63) is 41.0 Å². The van der Waals surface area contributed by atoms with Gasteiger partial charge < -0.3 is 10.1 Å². The molecule has 1 amide bonds. The topological polar surface area (TPSA) is 51.2 Å². The summed E-state index contributed by atoms with van der Waals surface area (Å²) in [5, 5.41) is 4.14. The molecule has 2 aromatic rings. The number of fused-ring (bicyclic) bond motifs is 1. The maximum atomic E-state index is 12.5. The minimum Gasteiger partial charge on any atom is -0.376 e. The molecule has 2 unspecified atom stereocenters. The summed E-state index contributed by atoms with van der Waals surface area (Å²) >= 11 is 6.00. The summed E-state index contributed by atoms with van der Waals surface area (Å²) in [6.07, 6.45) is 0.881. The van der Waals surface area contributed by atoms with Gasteiger partial charge in [-0.15, -0.1) is 0 Å². The van der Waals surface area contributed by atoms with Crippen LogP contribution in [0.2, 0.25) is 5.15 Å². The summed E-state index contributed by atoms with van der Waals surface area (Å²) in [5.74, 6) is -0.132. The van der Waals surface area contributed by atoms with Crippen LogP contribution in [0, 0.1) is 0 Å². The van der Waals surface area contributed by atoms with Crippen LogP contribution in [0.4, 0.5) is 0 Å². The van der Waals surface area contributed by atoms with E-state index in [4.69, 9.17) is 16.3 Å². The fraction of sp³-hybridized carbons (Fsp3) is 0.333. The van der Waals surface area contributed by atoms with Gasteiger partial charge >= 0.3 is 0 Å². The molecule has 104 valence electrons. The summed E-state index contributed by atoms with van der Waals surface area (Å²) in [5.41, 5.74) is 1.28. The summed E-state index contributed by atoms with van der Waals surface area (Å²) in [4.78, 5) is 16.7. The van der Waals surface area contributed by atoms with Crippen LogP contribution in [0.3, 0.4) is 0 Å². The molecule has 4 nitrogen and oxygen atoms in total. The van der Waals surface area contributed by atoms with Gasteiger partial charge in [0.1, 0.15) is 5.15 Å². The highest BCUT2D eigenvalue weighted by Crippen LogP contribution is 2.21. The van der Waals surface area contributed by atoms with Crippen molar-refractivity contribution in [2.45, 2.75) is 25.5 Å². The van der Waals surface area contributed by atoms with Gasteiger partial charge in [-0.2, -0.15) is 0 Å². The van der Waals surface area contributed by atoms with Gasteiger partial charge in [0.25, 0.3) is 5.91 Å². The lowest BCUT2D eigenvalue weighted by Gasteiger charge is -2.16. The molecule has 5 heteroatoms. The number of carbonyl (C=O) groups excluding carboxylic acids is 1. The van der Waals surface area contributed by atoms with E-state index < -0.39 is 0 Å². The molecule has 0 spiro atoms. The predicted molar refractivity (Wildman–Crippen MR) is 78.0 cm³/mol. The largest absolute Gasteiger partial charge is 0.376 e. The van der Waals surface area contributed by atoms with Crippen LogP contribution in [0.5, 0.6) is 0 Å². The number of aromatic nitrogens is 1. The Morgan fingerprint density at radius 2 is 2.25 bits per heavy atom. The second-order valence-electron chi connectivity index (χ2n) is 4.95. The first-order valence-electron chi connectivity index (χ1n) is 6.63. The van der Waals surface area contributed by atoms with E-state index in [-0.39, 0.29) is 18.1 Å². The van der Waals surface area contributed by atoms with E-state index in [0.717, 1.165) is 17.3 Å². The van der Waals surface area contributed by atoms with Crippen molar-refractivity contribution in [1.29, 1.82) is 0 Å². The Bertz CT molecular complexity index is 659. The van der Waals surface area contributed by atoms with Gasteiger partial charge in [0.05, 0.1) is 23.2 Å². The Balaban J connectivity index is 1.94. The summed E-state index contributed by atoms with van der Waals surface area (Å²) in [6.45, 7) is 2.65. The van der Waals surface area contributed by atoms with Crippen LogP contribution < -0.4 is 5.32 Å². The van der Waals surface area contributed by atoms with Crippen molar-refractivity contribution in [3.63, 3.8) is 0 Å². The second kappa shape index (κ2) is 5.38. The van der Waals surface area contributed by atoms with E-state index in [1.165, 1.54) is 0 Å². The molecule has 0 saturated carbocycles. The molecule has 0 aliphatic carbocycles. The fourth-order valence-corrected chi connectivity index (χ4v) is 2.70. The van der Waals surface area contributed by atoms with Crippen LogP contribution in [-0.4, -0.2) is 29.6 Å². The molecule has 1 aromatic carbocycles. The van der Waals surface area contributed by atoms with Crippen LogP contribution in [0.25, 0.3) is 10.9 Å². The highest BCUT2D eigenvalue weighted by Gasteiger charge is 2.26. The van der Waals surface area contributed by atoms with E-state index in [9.17, 15) is 4.79 Å². The number of pyridine rings is 1. The lowest BCUT2D eigenvalue weighted by molar-refractivity contribution is 0.0867. The molecule has 1 aliphatic heterocycles. The molecule has 3 rings (SSSR count). The first-order chi connectivity index (χ1) is 9.65. The maximum absolute atomic E-state index is 12.5. The number of amides is 1. The number of benzene rings is 1. The number of nitrogens with zero attached hydrogens (tertiary/aromatic N) is 1. The molecule has 1 fully saturated rings. The van der Waals surface area contributed by atoms with Gasteiger partial charge in [-0.3, -0.25) is 4.79 Å². The van der Waals surface area contributed by atoms with Gasteiger partial charge in [0.15, 0.2) is 0 Å². The van der Waals surface area contributed by atoms with Crippen molar-refractivity contribution in [1.82, 2.24) is 10.3 Å². The van der Waals surface area contributed by atoms with Gasteiger partial charge in [0, 0.05) is 12.0 Å². The smallest absolute Gasteiger partial charge is 0.252 e. The average Bonchev–Trinajstić information content (AvgIpc) is 2.83. The van der Waals surface area contributed by atoms with E-state index in [2.05, 4.69) is 10.3 Å². The lowest BCUT2D eigenvalue weighted by atomic mass is 10.1. The molecular weight excluding hydrogens is 276 g/mol. The van der Waals surface area contributed by atoms with E-state index in [1.54, 1.807) is 6.07 Å². The third kappa shape index (κ3) is 2.49. The maximum Gasteiger partial charge on any atom is 0.252 e. The molecule has 0 radical (unpaired) electrons. The van der Waals surface area contributed by atoms with Crippen molar-refractivity contribution in [2.75, 3.05) is 6.61 Å². The van der Waals surface area contributed by atoms with Crippen molar-refractivity contribution in [3.8, 4) is 0 Å². The molecule has 20 heavy (non-hydrogen) atoms. The second-order valence-corrected chi connectivity index (χ2v) is 5.34. The minimum atomic E-state index is -0.132. The summed E-state index contributed by atoms with van der Waals surface area (Å²) in [6, 6.07) is 9.14. The number of ether oxygens (including phenoxy) is 1. The zero-order valence-electron chi connectivity index (χ0n) is 11.1. The SMILES string of the molecule is CC1OCCC1NC(=O)c1cc(Cl)nc2ccccc12. The van der Waals surface area contributed by atoms with Crippen molar-refractivity contribution >= 4 is 28.4 Å². The van der Waals surface area contributed by atoms with Gasteiger partial charge in [0.2, 0.25) is 0 Å². The van der Waals surface area contributed by atoms with Crippen LogP contribution in [-0.2, 0) is 4.74 Å². The Morgan fingerprint density at radius 1 is 1.45 bits per heavy atom. The molecule has 1 aromatic heterocycles. The van der Waals surface area contributed by atoms with Crippen molar-refractivity contribution in [2.24, 2.45) is 0 Å². The quantitative estimate of drug-likeness (QED) is 0.865. The van der Waals surface area contributed by atoms with E-state index in [0.29, 0.717) is 17.3 Å². The molecule has 2 atom stereocenters. The van der Waals surface area contributed by atoms with Gasteiger partial charge in [-0.05, 0) is 25.5 Å².